The first-order valence-electron chi connectivity index (χ1n) is 6.52. The van der Waals surface area contributed by atoms with Crippen molar-refractivity contribution >= 4 is 5.97 Å². The predicted octanol–water partition coefficient (Wildman–Crippen LogP) is 2.70. The predicted molar refractivity (Wildman–Crippen MR) is 75.0 cm³/mol. The molecular weight excluding hydrogens is 270 g/mol. The van der Waals surface area contributed by atoms with E-state index >= 15 is 0 Å². The standard InChI is InChI=1S/C15H13N3O3/c1-2-20-15(19)14-16-13(17-21-14)11-5-7-12(8-6-11)18-9-3-4-10-18/h3-10H,2H2,1H3. The maximum atomic E-state index is 11.5. The van der Waals surface area contributed by atoms with Gasteiger partial charge in [-0.05, 0) is 43.3 Å². The van der Waals surface area contributed by atoms with Crippen molar-refractivity contribution < 1.29 is 14.1 Å². The summed E-state index contributed by atoms with van der Waals surface area (Å²) in [5.74, 6) is -0.390. The molecule has 0 atom stereocenters. The highest BCUT2D eigenvalue weighted by molar-refractivity contribution is 5.84. The number of rotatable bonds is 4. The molecule has 0 unspecified atom stereocenters. The molecule has 2 heterocycles. The van der Waals surface area contributed by atoms with Crippen molar-refractivity contribution in [3.63, 3.8) is 0 Å². The fourth-order valence-corrected chi connectivity index (χ4v) is 1.91. The second kappa shape index (κ2) is 5.62. The number of benzene rings is 1. The Morgan fingerprint density at radius 2 is 1.95 bits per heavy atom. The molecule has 6 nitrogen and oxygen atoms in total. The molecule has 3 aromatic rings. The van der Waals surface area contributed by atoms with E-state index in [2.05, 4.69) is 10.1 Å². The molecule has 0 saturated heterocycles. The molecule has 1 aromatic carbocycles. The Balaban J connectivity index is 1.83. The van der Waals surface area contributed by atoms with Gasteiger partial charge in [0, 0.05) is 23.6 Å². The third-order valence-corrected chi connectivity index (χ3v) is 2.90. The van der Waals surface area contributed by atoms with E-state index < -0.39 is 5.97 Å². The molecule has 0 bridgehead atoms. The van der Waals surface area contributed by atoms with E-state index in [9.17, 15) is 4.79 Å². The maximum Gasteiger partial charge on any atom is 0.397 e. The van der Waals surface area contributed by atoms with Crippen LogP contribution in [0.15, 0.2) is 53.3 Å². The third kappa shape index (κ3) is 2.69. The van der Waals surface area contributed by atoms with Crippen molar-refractivity contribution in [2.45, 2.75) is 6.92 Å². The summed E-state index contributed by atoms with van der Waals surface area (Å²) < 4.78 is 11.7. The summed E-state index contributed by atoms with van der Waals surface area (Å²) in [6, 6.07) is 11.5. The summed E-state index contributed by atoms with van der Waals surface area (Å²) in [4.78, 5) is 15.5. The van der Waals surface area contributed by atoms with Crippen LogP contribution in [0.1, 0.15) is 17.6 Å². The number of hydrogen-bond donors (Lipinski definition) is 0. The smallest absolute Gasteiger partial charge is 0.397 e. The number of esters is 1. The Hall–Kier alpha value is -2.89. The van der Waals surface area contributed by atoms with Crippen LogP contribution in [-0.2, 0) is 4.74 Å². The average Bonchev–Trinajstić information content (AvgIpc) is 3.19. The minimum atomic E-state index is -0.611. The molecule has 6 heteroatoms. The fourth-order valence-electron chi connectivity index (χ4n) is 1.91. The zero-order chi connectivity index (χ0) is 14.7. The Kier molecular flexibility index (Phi) is 3.51. The number of aromatic nitrogens is 3. The van der Waals surface area contributed by atoms with Gasteiger partial charge >= 0.3 is 11.9 Å². The Bertz CT molecular complexity index is 730. The zero-order valence-corrected chi connectivity index (χ0v) is 11.4. The molecule has 3 rings (SSSR count). The van der Waals surface area contributed by atoms with Gasteiger partial charge in [-0.2, -0.15) is 4.98 Å². The highest BCUT2D eigenvalue weighted by Crippen LogP contribution is 2.18. The van der Waals surface area contributed by atoms with Crippen LogP contribution < -0.4 is 0 Å². The van der Waals surface area contributed by atoms with Gasteiger partial charge in [-0.15, -0.1) is 0 Å². The molecular formula is C15H13N3O3. The van der Waals surface area contributed by atoms with E-state index in [1.165, 1.54) is 0 Å². The van der Waals surface area contributed by atoms with E-state index in [1.54, 1.807) is 6.92 Å². The van der Waals surface area contributed by atoms with Gasteiger partial charge in [0.2, 0.25) is 5.82 Å². The lowest BCUT2D eigenvalue weighted by atomic mass is 10.2. The summed E-state index contributed by atoms with van der Waals surface area (Å²) in [6.07, 6.45) is 3.92. The van der Waals surface area contributed by atoms with Gasteiger partial charge in [-0.25, -0.2) is 4.79 Å². The van der Waals surface area contributed by atoms with Crippen molar-refractivity contribution in [3.8, 4) is 17.1 Å². The summed E-state index contributed by atoms with van der Waals surface area (Å²) >= 11 is 0. The minimum absolute atomic E-state index is 0.138. The van der Waals surface area contributed by atoms with Crippen molar-refractivity contribution in [2.24, 2.45) is 0 Å². The number of ether oxygens (including phenoxy) is 1. The van der Waals surface area contributed by atoms with Crippen LogP contribution in [0.2, 0.25) is 0 Å². The number of carbonyl (C=O) groups excluding carboxylic acids is 1. The van der Waals surface area contributed by atoms with Gasteiger partial charge in [-0.3, -0.25) is 0 Å². The first-order chi connectivity index (χ1) is 10.3. The topological polar surface area (TPSA) is 70.2 Å². The monoisotopic (exact) mass is 283 g/mol. The second-order valence-corrected chi connectivity index (χ2v) is 4.28. The lowest BCUT2D eigenvalue weighted by molar-refractivity contribution is 0.0470. The Labute approximate surface area is 121 Å². The van der Waals surface area contributed by atoms with E-state index in [1.807, 2.05) is 53.4 Å². The molecule has 21 heavy (non-hydrogen) atoms. The van der Waals surface area contributed by atoms with E-state index in [-0.39, 0.29) is 12.5 Å². The lowest BCUT2D eigenvalue weighted by Crippen LogP contribution is -2.04. The molecule has 0 fully saturated rings. The Morgan fingerprint density at radius 3 is 2.62 bits per heavy atom. The maximum absolute atomic E-state index is 11.5. The van der Waals surface area contributed by atoms with Crippen LogP contribution in [-0.4, -0.2) is 27.3 Å². The summed E-state index contributed by atoms with van der Waals surface area (Å²) in [5.41, 5.74) is 1.79. The molecule has 0 aliphatic heterocycles. The molecule has 0 spiro atoms. The highest BCUT2D eigenvalue weighted by atomic mass is 16.6. The number of nitrogens with zero attached hydrogens (tertiary/aromatic N) is 3. The van der Waals surface area contributed by atoms with Crippen LogP contribution in [0, 0.1) is 0 Å². The zero-order valence-electron chi connectivity index (χ0n) is 11.4. The average molecular weight is 283 g/mol. The molecule has 0 aliphatic carbocycles. The second-order valence-electron chi connectivity index (χ2n) is 4.28. The van der Waals surface area contributed by atoms with Gasteiger partial charge in [0.1, 0.15) is 0 Å². The molecule has 0 amide bonds. The lowest BCUT2D eigenvalue weighted by Gasteiger charge is -2.02. The van der Waals surface area contributed by atoms with E-state index in [0.29, 0.717) is 5.82 Å². The van der Waals surface area contributed by atoms with Crippen LogP contribution >= 0.6 is 0 Å². The first-order valence-corrected chi connectivity index (χ1v) is 6.52. The normalized spacial score (nSPS) is 10.5. The molecule has 0 radical (unpaired) electrons. The quantitative estimate of drug-likeness (QED) is 0.688. The van der Waals surface area contributed by atoms with E-state index in [4.69, 9.17) is 9.26 Å². The fraction of sp³-hybridized carbons (Fsp3) is 0.133. The van der Waals surface area contributed by atoms with Gasteiger partial charge < -0.3 is 13.8 Å². The molecule has 2 aromatic heterocycles. The van der Waals surface area contributed by atoms with Gasteiger partial charge in [0.05, 0.1) is 6.61 Å². The van der Waals surface area contributed by atoms with Crippen LogP contribution in [0.25, 0.3) is 17.1 Å². The largest absolute Gasteiger partial charge is 0.459 e. The molecule has 106 valence electrons. The summed E-state index contributed by atoms with van der Waals surface area (Å²) in [7, 11) is 0. The van der Waals surface area contributed by atoms with Crippen LogP contribution in [0.4, 0.5) is 0 Å². The van der Waals surface area contributed by atoms with Crippen molar-refractivity contribution in [1.82, 2.24) is 14.7 Å². The van der Waals surface area contributed by atoms with E-state index in [0.717, 1.165) is 11.3 Å². The molecule has 0 saturated carbocycles. The highest BCUT2D eigenvalue weighted by Gasteiger charge is 2.16. The van der Waals surface area contributed by atoms with Gasteiger partial charge in [-0.1, -0.05) is 5.16 Å². The minimum Gasteiger partial charge on any atom is -0.459 e. The molecule has 0 aliphatic rings. The van der Waals surface area contributed by atoms with Crippen LogP contribution in [0.5, 0.6) is 0 Å². The SMILES string of the molecule is CCOC(=O)c1nc(-c2ccc(-n3cccc3)cc2)no1. The summed E-state index contributed by atoms with van der Waals surface area (Å²) in [6.45, 7) is 1.98. The Morgan fingerprint density at radius 1 is 1.24 bits per heavy atom. The van der Waals surface area contributed by atoms with Gasteiger partial charge in [0.15, 0.2) is 0 Å². The molecule has 0 N–H and O–H groups in total. The van der Waals surface area contributed by atoms with Gasteiger partial charge in [0.25, 0.3) is 0 Å². The third-order valence-electron chi connectivity index (χ3n) is 2.90. The first kappa shape index (κ1) is 13.1. The van der Waals surface area contributed by atoms with Crippen molar-refractivity contribution in [3.05, 3.63) is 54.7 Å². The van der Waals surface area contributed by atoms with Crippen molar-refractivity contribution in [1.29, 1.82) is 0 Å². The number of carbonyl (C=O) groups is 1. The number of hydrogen-bond acceptors (Lipinski definition) is 5. The summed E-state index contributed by atoms with van der Waals surface area (Å²) in [5, 5.41) is 3.79. The van der Waals surface area contributed by atoms with Crippen molar-refractivity contribution in [2.75, 3.05) is 6.61 Å². The van der Waals surface area contributed by atoms with Crippen LogP contribution in [0.3, 0.4) is 0 Å².